The van der Waals surface area contributed by atoms with Gasteiger partial charge in [0.2, 0.25) is 0 Å². The molecule has 0 bridgehead atoms. The second-order valence-corrected chi connectivity index (χ2v) is 4.73. The zero-order chi connectivity index (χ0) is 17.5. The van der Waals surface area contributed by atoms with Crippen LogP contribution in [0.2, 0.25) is 0 Å². The van der Waals surface area contributed by atoms with E-state index in [4.69, 9.17) is 9.15 Å². The van der Waals surface area contributed by atoms with Crippen LogP contribution < -0.4 is 5.32 Å². The number of carbonyl (C=O) groups excluding carboxylic acids is 2. The molecule has 8 heteroatoms. The number of para-hydroxylation sites is 1. The van der Waals surface area contributed by atoms with Gasteiger partial charge in [-0.3, -0.25) is 14.9 Å². The van der Waals surface area contributed by atoms with E-state index in [0.717, 1.165) is 6.08 Å². The van der Waals surface area contributed by atoms with Crippen LogP contribution in [0, 0.1) is 17.0 Å². The Balaban J connectivity index is 1.92. The van der Waals surface area contributed by atoms with E-state index in [1.54, 1.807) is 25.1 Å². The van der Waals surface area contributed by atoms with Crippen LogP contribution in [0.1, 0.15) is 11.3 Å². The summed E-state index contributed by atoms with van der Waals surface area (Å²) in [5.41, 5.74) is 0.378. The predicted octanol–water partition coefficient (Wildman–Crippen LogP) is 2.69. The molecule has 124 valence electrons. The number of hydrogen-bond acceptors (Lipinski definition) is 6. The van der Waals surface area contributed by atoms with Gasteiger partial charge in [0.25, 0.3) is 11.6 Å². The molecule has 24 heavy (non-hydrogen) atoms. The number of nitro groups is 1. The van der Waals surface area contributed by atoms with Gasteiger partial charge in [-0.1, -0.05) is 12.1 Å². The monoisotopic (exact) mass is 330 g/mol. The Morgan fingerprint density at radius 3 is 2.79 bits per heavy atom. The highest BCUT2D eigenvalue weighted by Crippen LogP contribution is 2.27. The number of carbonyl (C=O) groups is 2. The molecule has 0 aliphatic rings. The van der Waals surface area contributed by atoms with Crippen molar-refractivity contribution >= 4 is 29.3 Å². The lowest BCUT2D eigenvalue weighted by molar-refractivity contribution is -0.384. The smallest absolute Gasteiger partial charge is 0.331 e. The molecule has 2 rings (SSSR count). The number of nitro benzene ring substituents is 1. The van der Waals surface area contributed by atoms with E-state index in [2.05, 4.69) is 5.32 Å². The number of rotatable bonds is 6. The zero-order valence-corrected chi connectivity index (χ0v) is 12.7. The van der Waals surface area contributed by atoms with Crippen LogP contribution in [0.25, 0.3) is 6.08 Å². The van der Waals surface area contributed by atoms with Crippen molar-refractivity contribution < 1.29 is 23.7 Å². The molecule has 0 saturated carbocycles. The van der Waals surface area contributed by atoms with E-state index in [9.17, 15) is 19.7 Å². The van der Waals surface area contributed by atoms with Crippen LogP contribution in [0.15, 0.2) is 47.1 Å². The molecule has 0 radical (unpaired) electrons. The van der Waals surface area contributed by atoms with Crippen molar-refractivity contribution in [3.8, 4) is 0 Å². The van der Waals surface area contributed by atoms with E-state index in [1.807, 2.05) is 0 Å². The lowest BCUT2D eigenvalue weighted by Gasteiger charge is -2.08. The first-order chi connectivity index (χ1) is 11.5. The molecule has 0 aliphatic carbocycles. The summed E-state index contributed by atoms with van der Waals surface area (Å²) < 4.78 is 9.76. The van der Waals surface area contributed by atoms with Gasteiger partial charge >= 0.3 is 5.97 Å². The van der Waals surface area contributed by atoms with Crippen molar-refractivity contribution in [1.29, 1.82) is 0 Å². The maximum Gasteiger partial charge on any atom is 0.331 e. The minimum Gasteiger partial charge on any atom is -0.465 e. The average Bonchev–Trinajstić information content (AvgIpc) is 3.06. The van der Waals surface area contributed by atoms with Crippen LogP contribution in [0.5, 0.6) is 0 Å². The Hall–Kier alpha value is -3.42. The molecule has 0 aliphatic heterocycles. The molecular formula is C16H14N2O6. The highest BCUT2D eigenvalue weighted by atomic mass is 16.6. The van der Waals surface area contributed by atoms with Gasteiger partial charge < -0.3 is 14.5 Å². The van der Waals surface area contributed by atoms with Crippen LogP contribution in [0.3, 0.4) is 0 Å². The number of ether oxygens (including phenoxy) is 1. The minimum atomic E-state index is -0.735. The number of furan rings is 1. The third kappa shape index (κ3) is 4.54. The van der Waals surface area contributed by atoms with Crippen LogP contribution in [-0.2, 0) is 14.3 Å². The van der Waals surface area contributed by atoms with Crippen molar-refractivity contribution in [2.24, 2.45) is 0 Å². The molecule has 0 spiro atoms. The molecule has 0 fully saturated rings. The van der Waals surface area contributed by atoms with Crippen LogP contribution in [-0.4, -0.2) is 23.4 Å². The number of amides is 1. The molecule has 1 heterocycles. The number of nitrogens with one attached hydrogen (secondary N) is 1. The summed E-state index contributed by atoms with van der Waals surface area (Å²) in [6.07, 6.45) is 3.96. The standard InChI is InChI=1S/C16H14N2O6/c1-11-4-2-6-13(18(21)22)16(11)17-14(19)10-24-15(20)8-7-12-5-3-9-23-12/h2-9H,10H2,1H3,(H,17,19)/b8-7+. The fraction of sp³-hybridized carbons (Fsp3) is 0.125. The van der Waals surface area contributed by atoms with Crippen molar-refractivity contribution in [3.05, 3.63) is 64.1 Å². The Morgan fingerprint density at radius 2 is 2.12 bits per heavy atom. The molecule has 0 atom stereocenters. The van der Waals surface area contributed by atoms with Gasteiger partial charge in [-0.2, -0.15) is 0 Å². The van der Waals surface area contributed by atoms with Crippen molar-refractivity contribution in [2.45, 2.75) is 6.92 Å². The Bertz CT molecular complexity index is 780. The number of hydrogen-bond donors (Lipinski definition) is 1. The summed E-state index contributed by atoms with van der Waals surface area (Å²) in [5, 5.41) is 13.4. The lowest BCUT2D eigenvalue weighted by atomic mass is 10.1. The van der Waals surface area contributed by atoms with E-state index in [1.165, 1.54) is 24.5 Å². The average molecular weight is 330 g/mol. The van der Waals surface area contributed by atoms with Crippen molar-refractivity contribution in [1.82, 2.24) is 0 Å². The third-order valence-corrected chi connectivity index (χ3v) is 2.98. The van der Waals surface area contributed by atoms with Gasteiger partial charge in [0.1, 0.15) is 11.4 Å². The van der Waals surface area contributed by atoms with Crippen LogP contribution in [0.4, 0.5) is 11.4 Å². The van der Waals surface area contributed by atoms with Crippen molar-refractivity contribution in [3.63, 3.8) is 0 Å². The number of benzene rings is 1. The summed E-state index contributed by atoms with van der Waals surface area (Å²) in [7, 11) is 0. The maximum atomic E-state index is 11.8. The minimum absolute atomic E-state index is 0.0784. The van der Waals surface area contributed by atoms with E-state index >= 15 is 0 Å². The molecule has 0 saturated heterocycles. The number of aryl methyl sites for hydroxylation is 1. The predicted molar refractivity (Wildman–Crippen MR) is 85.2 cm³/mol. The van der Waals surface area contributed by atoms with E-state index < -0.39 is 23.4 Å². The van der Waals surface area contributed by atoms with E-state index in [0.29, 0.717) is 11.3 Å². The number of esters is 1. The number of nitrogens with zero attached hydrogens (tertiary/aromatic N) is 1. The molecule has 1 amide bonds. The van der Waals surface area contributed by atoms with Gasteiger partial charge in [0.15, 0.2) is 6.61 Å². The SMILES string of the molecule is Cc1cccc([N+](=O)[O-])c1NC(=O)COC(=O)/C=C/c1ccco1. The third-order valence-electron chi connectivity index (χ3n) is 2.98. The highest BCUT2D eigenvalue weighted by Gasteiger charge is 2.18. The van der Waals surface area contributed by atoms with Gasteiger partial charge in [-0.05, 0) is 30.7 Å². The molecule has 1 N–H and O–H groups in total. The maximum absolute atomic E-state index is 11.8. The summed E-state index contributed by atoms with van der Waals surface area (Å²) in [5.74, 6) is -0.945. The Labute approximate surface area is 136 Å². The summed E-state index contributed by atoms with van der Waals surface area (Å²) in [4.78, 5) is 33.7. The fourth-order valence-corrected chi connectivity index (χ4v) is 1.86. The first kappa shape index (κ1) is 16.9. The Morgan fingerprint density at radius 1 is 1.33 bits per heavy atom. The largest absolute Gasteiger partial charge is 0.465 e. The van der Waals surface area contributed by atoms with Crippen LogP contribution >= 0.6 is 0 Å². The highest BCUT2D eigenvalue weighted by molar-refractivity contribution is 5.96. The van der Waals surface area contributed by atoms with Gasteiger partial charge in [-0.15, -0.1) is 0 Å². The molecule has 1 aromatic carbocycles. The second kappa shape index (κ2) is 7.73. The molecule has 2 aromatic rings. The second-order valence-electron chi connectivity index (χ2n) is 4.73. The first-order valence-corrected chi connectivity index (χ1v) is 6.89. The molecular weight excluding hydrogens is 316 g/mol. The first-order valence-electron chi connectivity index (χ1n) is 6.89. The summed E-state index contributed by atoms with van der Waals surface area (Å²) >= 11 is 0. The van der Waals surface area contributed by atoms with Gasteiger partial charge in [-0.25, -0.2) is 4.79 Å². The fourth-order valence-electron chi connectivity index (χ4n) is 1.86. The molecule has 1 aromatic heterocycles. The summed E-state index contributed by atoms with van der Waals surface area (Å²) in [6.45, 7) is 1.06. The summed E-state index contributed by atoms with van der Waals surface area (Å²) in [6, 6.07) is 7.73. The normalized spacial score (nSPS) is 10.5. The lowest BCUT2D eigenvalue weighted by Crippen LogP contribution is -2.21. The zero-order valence-electron chi connectivity index (χ0n) is 12.7. The quantitative estimate of drug-likeness (QED) is 0.377. The number of anilines is 1. The topological polar surface area (TPSA) is 112 Å². The van der Waals surface area contributed by atoms with E-state index in [-0.39, 0.29) is 11.4 Å². The Kier molecular flexibility index (Phi) is 5.45. The molecule has 0 unspecified atom stereocenters. The molecule has 8 nitrogen and oxygen atoms in total. The van der Waals surface area contributed by atoms with Gasteiger partial charge in [0, 0.05) is 12.1 Å². The van der Waals surface area contributed by atoms with Crippen molar-refractivity contribution in [2.75, 3.05) is 11.9 Å². The van der Waals surface area contributed by atoms with Gasteiger partial charge in [0.05, 0.1) is 11.2 Å².